The fraction of sp³-hybridized carbons (Fsp3) is 0.333. The molecule has 0 aromatic heterocycles. The fourth-order valence-corrected chi connectivity index (χ4v) is 0.341. The highest BCUT2D eigenvalue weighted by atomic mass is 31.1. The van der Waals surface area contributed by atoms with Crippen LogP contribution in [0.5, 0.6) is 0 Å². The number of carboxylic acid groups (broad SMARTS) is 1. The van der Waals surface area contributed by atoms with Gasteiger partial charge in [-0.25, -0.2) is 4.79 Å². The van der Waals surface area contributed by atoms with Crippen molar-refractivity contribution in [2.75, 3.05) is 0 Å². The molecule has 1 unspecified atom stereocenters. The zero-order chi connectivity index (χ0) is 7.28. The standard InChI is InChI=1S/C3H6NO4P/c1-2(3(5)6)4-8-9-7/h9H2,1H3,(H,5,6). The first kappa shape index (κ1) is 8.17. The van der Waals surface area contributed by atoms with Gasteiger partial charge in [-0.1, -0.05) is 5.16 Å². The van der Waals surface area contributed by atoms with Crippen LogP contribution in [0.4, 0.5) is 0 Å². The van der Waals surface area contributed by atoms with Gasteiger partial charge >= 0.3 is 5.97 Å². The maximum absolute atomic E-state index is 9.90. The molecule has 0 aliphatic rings. The summed E-state index contributed by atoms with van der Waals surface area (Å²) in [5, 5.41) is 11.1. The van der Waals surface area contributed by atoms with Gasteiger partial charge in [0.1, 0.15) is 0 Å². The van der Waals surface area contributed by atoms with Gasteiger partial charge in [-0.05, 0) is 6.92 Å². The maximum atomic E-state index is 9.90. The highest BCUT2D eigenvalue weighted by molar-refractivity contribution is 7.17. The second-order valence-electron chi connectivity index (χ2n) is 1.18. The largest absolute Gasteiger partial charge is 0.477 e. The molecule has 1 N–H and O–H groups in total. The zero-order valence-corrected chi connectivity index (χ0v) is 5.85. The summed E-state index contributed by atoms with van der Waals surface area (Å²) in [6.07, 6.45) is 0. The number of carboxylic acids is 1. The second-order valence-corrected chi connectivity index (χ2v) is 1.59. The van der Waals surface area contributed by atoms with Crippen LogP contribution >= 0.6 is 8.69 Å². The predicted molar refractivity (Wildman–Crippen MR) is 32.2 cm³/mol. The molecule has 0 saturated heterocycles. The van der Waals surface area contributed by atoms with E-state index in [0.717, 1.165) is 0 Å². The van der Waals surface area contributed by atoms with E-state index in [1.54, 1.807) is 0 Å². The van der Waals surface area contributed by atoms with Gasteiger partial charge in [-0.2, -0.15) is 0 Å². The Balaban J connectivity index is 3.83. The summed E-state index contributed by atoms with van der Waals surface area (Å²) in [7, 11) is -1.46. The summed E-state index contributed by atoms with van der Waals surface area (Å²) in [4.78, 5) is 9.90. The average Bonchev–Trinajstić information content (AvgIpc) is 1.82. The van der Waals surface area contributed by atoms with Crippen molar-refractivity contribution in [3.8, 4) is 0 Å². The molecule has 0 rings (SSSR count). The number of hydrogen-bond acceptors (Lipinski definition) is 4. The normalized spacial score (nSPS) is 12.3. The molecule has 6 heteroatoms. The molecule has 5 nitrogen and oxygen atoms in total. The van der Waals surface area contributed by atoms with Crippen LogP contribution in [-0.4, -0.2) is 16.8 Å². The van der Waals surface area contributed by atoms with Crippen LogP contribution in [0, 0.1) is 0 Å². The quantitative estimate of drug-likeness (QED) is 0.353. The Kier molecular flexibility index (Phi) is 3.71. The molecule has 52 valence electrons. The summed E-state index contributed by atoms with van der Waals surface area (Å²) in [5.41, 5.74) is -0.210. The Morgan fingerprint density at radius 1 is 1.78 bits per heavy atom. The molecule has 0 saturated carbocycles. The minimum absolute atomic E-state index is 0.210. The van der Waals surface area contributed by atoms with Crippen molar-refractivity contribution >= 4 is 20.4 Å². The number of aliphatic carboxylic acids is 1. The third-order valence-electron chi connectivity index (χ3n) is 0.542. The van der Waals surface area contributed by atoms with Crippen molar-refractivity contribution in [3.63, 3.8) is 0 Å². The van der Waals surface area contributed by atoms with Crippen LogP contribution in [-0.2, 0) is 14.0 Å². The first-order chi connectivity index (χ1) is 4.18. The average molecular weight is 151 g/mol. The summed E-state index contributed by atoms with van der Waals surface area (Å²) in [6, 6.07) is 0. The molecular formula is C3H6NO4P. The van der Waals surface area contributed by atoms with Crippen LogP contribution in [0.2, 0.25) is 0 Å². The van der Waals surface area contributed by atoms with E-state index in [-0.39, 0.29) is 5.71 Å². The van der Waals surface area contributed by atoms with Crippen molar-refractivity contribution in [2.45, 2.75) is 6.92 Å². The third kappa shape index (κ3) is 3.73. The van der Waals surface area contributed by atoms with Gasteiger partial charge in [0.15, 0.2) is 5.71 Å². The molecule has 0 radical (unpaired) electrons. The molecular weight excluding hydrogens is 145 g/mol. The minimum Gasteiger partial charge on any atom is -0.477 e. The monoisotopic (exact) mass is 151 g/mol. The van der Waals surface area contributed by atoms with Crippen molar-refractivity contribution in [2.24, 2.45) is 5.16 Å². The highest BCUT2D eigenvalue weighted by Crippen LogP contribution is 1.94. The molecule has 0 aliphatic heterocycles. The third-order valence-corrected chi connectivity index (χ3v) is 0.734. The van der Waals surface area contributed by atoms with Crippen molar-refractivity contribution < 1.29 is 19.1 Å². The van der Waals surface area contributed by atoms with Crippen LogP contribution in [0.15, 0.2) is 5.16 Å². The Morgan fingerprint density at radius 2 is 2.33 bits per heavy atom. The van der Waals surface area contributed by atoms with Crippen LogP contribution in [0.1, 0.15) is 6.92 Å². The van der Waals surface area contributed by atoms with Gasteiger partial charge in [-0.3, -0.25) is 4.57 Å². The molecule has 0 fully saturated rings. The molecule has 0 amide bonds. The molecule has 1 atom stereocenters. The molecule has 0 aliphatic carbocycles. The molecule has 9 heavy (non-hydrogen) atoms. The van der Waals surface area contributed by atoms with Gasteiger partial charge in [0.05, 0.1) is 0 Å². The van der Waals surface area contributed by atoms with Gasteiger partial charge in [0.25, 0.3) is 8.69 Å². The van der Waals surface area contributed by atoms with E-state index >= 15 is 0 Å². The molecule has 0 aromatic rings. The van der Waals surface area contributed by atoms with Crippen molar-refractivity contribution in [3.05, 3.63) is 0 Å². The Morgan fingerprint density at radius 3 is 2.67 bits per heavy atom. The summed E-state index contributed by atoms with van der Waals surface area (Å²) >= 11 is 0. The van der Waals surface area contributed by atoms with Crippen LogP contribution < -0.4 is 0 Å². The smallest absolute Gasteiger partial charge is 0.353 e. The van der Waals surface area contributed by atoms with Crippen LogP contribution in [0.3, 0.4) is 0 Å². The number of hydrogen-bond donors (Lipinski definition) is 1. The van der Waals surface area contributed by atoms with Crippen molar-refractivity contribution in [1.29, 1.82) is 0 Å². The van der Waals surface area contributed by atoms with E-state index in [2.05, 4.69) is 9.78 Å². The van der Waals surface area contributed by atoms with E-state index in [4.69, 9.17) is 5.11 Å². The maximum Gasteiger partial charge on any atom is 0.353 e. The zero-order valence-electron chi connectivity index (χ0n) is 4.70. The van der Waals surface area contributed by atoms with Gasteiger partial charge in [0.2, 0.25) is 0 Å². The van der Waals surface area contributed by atoms with Gasteiger partial charge < -0.3 is 9.73 Å². The molecule has 0 aromatic carbocycles. The SMILES string of the molecule is CC(=NO[PH2]=O)C(=O)O. The van der Waals surface area contributed by atoms with Crippen LogP contribution in [0.25, 0.3) is 0 Å². The lowest BCUT2D eigenvalue weighted by Gasteiger charge is -1.87. The summed E-state index contributed by atoms with van der Waals surface area (Å²) < 4.78 is 13.6. The summed E-state index contributed by atoms with van der Waals surface area (Å²) in [5.74, 6) is -1.18. The van der Waals surface area contributed by atoms with E-state index in [1.807, 2.05) is 0 Å². The summed E-state index contributed by atoms with van der Waals surface area (Å²) in [6.45, 7) is 1.25. The van der Waals surface area contributed by atoms with E-state index in [0.29, 0.717) is 0 Å². The van der Waals surface area contributed by atoms with Gasteiger partial charge in [-0.15, -0.1) is 0 Å². The van der Waals surface area contributed by atoms with Crippen molar-refractivity contribution in [1.82, 2.24) is 0 Å². The number of oxime groups is 1. The second kappa shape index (κ2) is 4.09. The first-order valence-corrected chi connectivity index (χ1v) is 3.00. The van der Waals surface area contributed by atoms with E-state index < -0.39 is 14.7 Å². The fourth-order valence-electron chi connectivity index (χ4n) is 0.140. The molecule has 0 bridgehead atoms. The highest BCUT2D eigenvalue weighted by Gasteiger charge is 1.99. The molecule has 0 heterocycles. The lowest BCUT2D eigenvalue weighted by Crippen LogP contribution is -2.07. The topological polar surface area (TPSA) is 76.0 Å². The van der Waals surface area contributed by atoms with Gasteiger partial charge in [0, 0.05) is 0 Å². The first-order valence-electron chi connectivity index (χ1n) is 2.06. The lowest BCUT2D eigenvalue weighted by atomic mass is 10.4. The number of nitrogens with zero attached hydrogens (tertiary/aromatic N) is 1. The Labute approximate surface area is 52.6 Å². The minimum atomic E-state index is -1.46. The lowest BCUT2D eigenvalue weighted by molar-refractivity contribution is -0.129. The van der Waals surface area contributed by atoms with E-state index in [9.17, 15) is 9.36 Å². The number of carbonyl (C=O) groups is 1. The Hall–Kier alpha value is -0.830. The number of rotatable bonds is 3. The predicted octanol–water partition coefficient (Wildman–Crippen LogP) is 0.135. The Bertz CT molecular complexity index is 154. The molecule has 0 spiro atoms. The van der Waals surface area contributed by atoms with E-state index in [1.165, 1.54) is 6.92 Å².